The number of hydrogen-bond acceptors (Lipinski definition) is 8. The minimum Gasteiger partial charge on any atom is -0.342 e. The molecule has 46 heavy (non-hydrogen) atoms. The van der Waals surface area contributed by atoms with Gasteiger partial charge >= 0.3 is 6.18 Å². The van der Waals surface area contributed by atoms with Gasteiger partial charge in [0.15, 0.2) is 16.9 Å². The van der Waals surface area contributed by atoms with E-state index in [0.29, 0.717) is 27.6 Å². The molecule has 0 aliphatic carbocycles. The van der Waals surface area contributed by atoms with Crippen LogP contribution in [0, 0.1) is 0 Å². The maximum Gasteiger partial charge on any atom is 0.434 e. The van der Waals surface area contributed by atoms with Gasteiger partial charge in [-0.2, -0.15) is 13.2 Å². The van der Waals surface area contributed by atoms with Gasteiger partial charge in [-0.3, -0.25) is 14.4 Å². The Morgan fingerprint density at radius 2 is 1.89 bits per heavy atom. The van der Waals surface area contributed by atoms with Crippen LogP contribution < -0.4 is 10.7 Å². The molecular formula is C33H37F3N6O3S. The van der Waals surface area contributed by atoms with Crippen molar-refractivity contribution in [3.63, 3.8) is 0 Å². The third kappa shape index (κ3) is 7.21. The Bertz CT molecular complexity index is 1810. The van der Waals surface area contributed by atoms with Crippen LogP contribution in [-0.2, 0) is 11.0 Å². The van der Waals surface area contributed by atoms with Crippen molar-refractivity contribution in [2.45, 2.75) is 52.8 Å². The zero-order valence-corrected chi connectivity index (χ0v) is 27.1. The molecule has 1 saturated heterocycles. The van der Waals surface area contributed by atoms with Crippen LogP contribution in [0.3, 0.4) is 0 Å². The molecule has 4 heterocycles. The lowest BCUT2D eigenvalue weighted by atomic mass is 9.97. The number of likely N-dealkylation sites (tertiary alicyclic amines) is 1. The number of amides is 1. The highest BCUT2D eigenvalue weighted by Gasteiger charge is 2.34. The lowest BCUT2D eigenvalue weighted by Crippen LogP contribution is -2.41. The van der Waals surface area contributed by atoms with Crippen LogP contribution in [0.5, 0.6) is 0 Å². The highest BCUT2D eigenvalue weighted by molar-refractivity contribution is 7.13. The molecule has 1 aliphatic rings. The lowest BCUT2D eigenvalue weighted by molar-refractivity contribution is -0.140. The van der Waals surface area contributed by atoms with E-state index in [4.69, 9.17) is 0 Å². The zero-order chi connectivity index (χ0) is 33.2. The number of hydrogen-bond donors (Lipinski definition) is 1. The van der Waals surface area contributed by atoms with E-state index in [9.17, 15) is 27.6 Å². The van der Waals surface area contributed by atoms with Gasteiger partial charge in [-0.05, 0) is 63.2 Å². The number of pyridine rings is 2. The quantitative estimate of drug-likeness (QED) is 0.199. The Hall–Kier alpha value is -3.94. The van der Waals surface area contributed by atoms with E-state index >= 15 is 0 Å². The van der Waals surface area contributed by atoms with Crippen LogP contribution in [0.1, 0.15) is 62.6 Å². The molecule has 4 aromatic rings. The number of rotatable bonds is 10. The topological polar surface area (TPSA) is 100 Å². The molecule has 13 heteroatoms. The summed E-state index contributed by atoms with van der Waals surface area (Å²) in [7, 11) is 0. The van der Waals surface area contributed by atoms with Gasteiger partial charge in [0.05, 0.1) is 11.1 Å². The molecule has 0 bridgehead atoms. The van der Waals surface area contributed by atoms with E-state index in [1.54, 1.807) is 18.3 Å². The average Bonchev–Trinajstić information content (AvgIpc) is 3.53. The zero-order valence-electron chi connectivity index (χ0n) is 26.3. The summed E-state index contributed by atoms with van der Waals surface area (Å²) < 4.78 is 42.4. The van der Waals surface area contributed by atoms with E-state index in [-0.39, 0.29) is 28.2 Å². The molecule has 1 aromatic carbocycles. The van der Waals surface area contributed by atoms with Gasteiger partial charge in [0.1, 0.15) is 10.8 Å². The fourth-order valence-electron chi connectivity index (χ4n) is 6.00. The smallest absolute Gasteiger partial charge is 0.342 e. The number of Topliss-reactive ketones (excluding diaryl/α,β-unsaturated/α-hetero) is 1. The highest BCUT2D eigenvalue weighted by atomic mass is 32.1. The molecule has 1 aliphatic heterocycles. The monoisotopic (exact) mass is 654 g/mol. The first-order chi connectivity index (χ1) is 21.9. The number of aromatic nitrogens is 3. The van der Waals surface area contributed by atoms with E-state index in [2.05, 4.69) is 38.9 Å². The molecule has 5 rings (SSSR count). The molecule has 1 N–H and O–H groups in total. The number of halogens is 3. The molecule has 0 spiro atoms. The SMILES string of the molecule is CCN(CC)CCN1CCC[C@@H](n2cc(C(C)=O)c(=O)c3cc(-c4cnc(NC(C)=O)cc4-c4nc(C(F)(F)F)cs4)ccc32)C1. The van der Waals surface area contributed by atoms with Crippen LogP contribution in [0.2, 0.25) is 0 Å². The van der Waals surface area contributed by atoms with Gasteiger partial charge in [0.25, 0.3) is 0 Å². The molecule has 0 unspecified atom stereocenters. The number of thiazole rings is 1. The number of benzene rings is 1. The van der Waals surface area contributed by atoms with Gasteiger partial charge < -0.3 is 19.7 Å². The van der Waals surface area contributed by atoms with Crippen molar-refractivity contribution in [1.82, 2.24) is 24.3 Å². The second-order valence-corrected chi connectivity index (χ2v) is 12.4. The Morgan fingerprint density at radius 3 is 2.54 bits per heavy atom. The van der Waals surface area contributed by atoms with Gasteiger partial charge in [-0.1, -0.05) is 19.9 Å². The van der Waals surface area contributed by atoms with Gasteiger partial charge in [0.2, 0.25) is 5.91 Å². The van der Waals surface area contributed by atoms with E-state index in [1.165, 1.54) is 26.1 Å². The lowest BCUT2D eigenvalue weighted by Gasteiger charge is -2.36. The van der Waals surface area contributed by atoms with Gasteiger partial charge in [0, 0.05) is 66.9 Å². The van der Waals surface area contributed by atoms with E-state index < -0.39 is 23.2 Å². The van der Waals surface area contributed by atoms with Crippen LogP contribution in [0.25, 0.3) is 32.6 Å². The summed E-state index contributed by atoms with van der Waals surface area (Å²) in [5.74, 6) is -0.580. The number of nitrogens with one attached hydrogen (secondary N) is 1. The largest absolute Gasteiger partial charge is 0.434 e. The van der Waals surface area contributed by atoms with Gasteiger partial charge in [-0.25, -0.2) is 9.97 Å². The predicted molar refractivity (Wildman–Crippen MR) is 174 cm³/mol. The summed E-state index contributed by atoms with van der Waals surface area (Å²) >= 11 is 0.819. The number of carbonyl (C=O) groups excluding carboxylic acids is 2. The van der Waals surface area contributed by atoms with E-state index in [0.717, 1.165) is 68.8 Å². The van der Waals surface area contributed by atoms with Crippen molar-refractivity contribution in [2.75, 3.05) is 44.6 Å². The maximum atomic E-state index is 13.7. The molecule has 0 radical (unpaired) electrons. The van der Waals surface area contributed by atoms with Gasteiger partial charge in [-0.15, -0.1) is 11.3 Å². The summed E-state index contributed by atoms with van der Waals surface area (Å²) in [6.07, 6.45) is 0.365. The highest BCUT2D eigenvalue weighted by Crippen LogP contribution is 2.39. The van der Waals surface area contributed by atoms with E-state index in [1.807, 2.05) is 10.6 Å². The fourth-order valence-corrected chi connectivity index (χ4v) is 6.85. The summed E-state index contributed by atoms with van der Waals surface area (Å²) in [6, 6.07) is 6.79. The third-order valence-corrected chi connectivity index (χ3v) is 9.33. The van der Waals surface area contributed by atoms with Crippen LogP contribution in [0.4, 0.5) is 19.0 Å². The number of anilines is 1. The Labute approximate surface area is 269 Å². The second-order valence-electron chi connectivity index (χ2n) is 11.5. The number of likely N-dealkylation sites (N-methyl/N-ethyl adjacent to an activating group) is 1. The summed E-state index contributed by atoms with van der Waals surface area (Å²) in [5.41, 5.74) is 0.583. The number of fused-ring (bicyclic) bond motifs is 1. The first-order valence-corrected chi connectivity index (χ1v) is 16.2. The summed E-state index contributed by atoms with van der Waals surface area (Å²) in [6.45, 7) is 12.6. The first kappa shape index (κ1) is 33.4. The minimum atomic E-state index is -4.63. The molecule has 9 nitrogen and oxygen atoms in total. The normalized spacial score (nSPS) is 15.9. The maximum absolute atomic E-state index is 13.7. The summed E-state index contributed by atoms with van der Waals surface area (Å²) in [5, 5.41) is 3.91. The number of alkyl halides is 3. The average molecular weight is 655 g/mol. The molecular weight excluding hydrogens is 617 g/mol. The molecule has 1 fully saturated rings. The summed E-state index contributed by atoms with van der Waals surface area (Å²) in [4.78, 5) is 51.0. The number of carbonyl (C=O) groups is 2. The fraction of sp³-hybridized carbons (Fsp3) is 0.424. The Morgan fingerprint density at radius 1 is 1.13 bits per heavy atom. The number of nitrogens with zero attached hydrogens (tertiary/aromatic N) is 5. The van der Waals surface area contributed by atoms with Crippen molar-refractivity contribution >= 4 is 39.7 Å². The molecule has 1 atom stereocenters. The number of piperidine rings is 1. The molecule has 0 saturated carbocycles. The molecule has 244 valence electrons. The van der Waals surface area contributed by atoms with Crippen molar-refractivity contribution in [2.24, 2.45) is 0 Å². The second kappa shape index (κ2) is 13.8. The third-order valence-electron chi connectivity index (χ3n) is 8.46. The van der Waals surface area contributed by atoms with Crippen molar-refractivity contribution in [1.29, 1.82) is 0 Å². The molecule has 3 aromatic heterocycles. The van der Waals surface area contributed by atoms with Crippen molar-refractivity contribution in [3.05, 3.63) is 63.5 Å². The predicted octanol–water partition coefficient (Wildman–Crippen LogP) is 6.35. The Kier molecular flexibility index (Phi) is 10.0. The van der Waals surface area contributed by atoms with Crippen molar-refractivity contribution in [3.8, 4) is 21.7 Å². The molecule has 1 amide bonds. The Balaban J connectivity index is 1.60. The number of ketones is 1. The minimum absolute atomic E-state index is 0.0442. The standard InChI is InChI=1S/C33H37F3N6O3S/c1-5-40(6-2)12-13-41-11-7-8-23(17-41)42-18-27(20(3)43)31(45)25-14-22(9-10-28(25)42)26-16-37-30(38-21(4)44)15-24(26)32-39-29(19-46-32)33(34,35)36/h9-10,14-16,18-19,23H,5-8,11-13,17H2,1-4H3,(H,37,38,44)/t23-/m1/s1. The first-order valence-electron chi connectivity index (χ1n) is 15.3. The van der Waals surface area contributed by atoms with Crippen LogP contribution >= 0.6 is 11.3 Å². The van der Waals surface area contributed by atoms with Crippen LogP contribution in [0.15, 0.2) is 46.8 Å². The van der Waals surface area contributed by atoms with Crippen molar-refractivity contribution < 1.29 is 22.8 Å². The van der Waals surface area contributed by atoms with Crippen LogP contribution in [-0.4, -0.2) is 75.3 Å².